The van der Waals surface area contributed by atoms with Crippen molar-refractivity contribution in [2.75, 3.05) is 6.54 Å². The van der Waals surface area contributed by atoms with Gasteiger partial charge in [-0.15, -0.1) is 0 Å². The Hall–Kier alpha value is -2.34. The van der Waals surface area contributed by atoms with Gasteiger partial charge in [-0.25, -0.2) is 4.79 Å². The molecule has 6 nitrogen and oxygen atoms in total. The summed E-state index contributed by atoms with van der Waals surface area (Å²) in [7, 11) is 0. The van der Waals surface area contributed by atoms with Gasteiger partial charge in [-0.05, 0) is 25.3 Å². The van der Waals surface area contributed by atoms with Crippen LogP contribution in [0, 0.1) is 0 Å². The molecule has 6 heteroatoms. The van der Waals surface area contributed by atoms with Gasteiger partial charge in [0, 0.05) is 12.6 Å². The van der Waals surface area contributed by atoms with Crippen LogP contribution in [0.2, 0.25) is 0 Å². The molecule has 25 heavy (non-hydrogen) atoms. The summed E-state index contributed by atoms with van der Waals surface area (Å²) >= 11 is 0. The zero-order valence-electron chi connectivity index (χ0n) is 15.3. The molecule has 0 atom stereocenters. The Balaban J connectivity index is 2.01. The van der Waals surface area contributed by atoms with Gasteiger partial charge in [0.05, 0.1) is 24.4 Å². The van der Waals surface area contributed by atoms with Crippen molar-refractivity contribution >= 4 is 6.03 Å². The summed E-state index contributed by atoms with van der Waals surface area (Å²) in [4.78, 5) is 14.2. The van der Waals surface area contributed by atoms with Crippen molar-refractivity contribution in [3.05, 3.63) is 53.4 Å². The summed E-state index contributed by atoms with van der Waals surface area (Å²) in [6.07, 6.45) is 0. The van der Waals surface area contributed by atoms with E-state index >= 15 is 0 Å². The number of urea groups is 1. The van der Waals surface area contributed by atoms with E-state index in [1.54, 1.807) is 18.7 Å². The van der Waals surface area contributed by atoms with Crippen molar-refractivity contribution in [1.29, 1.82) is 0 Å². The quantitative estimate of drug-likeness (QED) is 0.807. The number of hydrogen-bond acceptors (Lipinski definition) is 4. The first kappa shape index (κ1) is 19.0. The second-order valence-electron chi connectivity index (χ2n) is 7.19. The Kier molecular flexibility index (Phi) is 6.20. The smallest absolute Gasteiger partial charge is 0.318 e. The van der Waals surface area contributed by atoms with Crippen molar-refractivity contribution in [2.45, 2.75) is 52.3 Å². The van der Waals surface area contributed by atoms with Crippen LogP contribution in [-0.4, -0.2) is 33.3 Å². The molecule has 0 aliphatic carbocycles. The zero-order chi connectivity index (χ0) is 18.4. The number of aromatic nitrogens is 1. The molecule has 0 saturated heterocycles. The van der Waals surface area contributed by atoms with Crippen LogP contribution in [0.5, 0.6) is 0 Å². The van der Waals surface area contributed by atoms with Gasteiger partial charge < -0.3 is 19.8 Å². The normalized spacial score (nSPS) is 11.6. The molecule has 0 spiro atoms. The predicted octanol–water partition coefficient (Wildman–Crippen LogP) is 3.28. The summed E-state index contributed by atoms with van der Waals surface area (Å²) in [6.45, 7) is 8.34. The Bertz CT molecular complexity index is 675. The minimum absolute atomic E-state index is 0.224. The second-order valence-corrected chi connectivity index (χ2v) is 7.19. The Labute approximate surface area is 148 Å². The Morgan fingerprint density at radius 3 is 2.56 bits per heavy atom. The molecule has 2 rings (SSSR count). The van der Waals surface area contributed by atoms with Crippen LogP contribution in [0.1, 0.15) is 50.6 Å². The highest BCUT2D eigenvalue weighted by Gasteiger charge is 2.23. The molecule has 0 saturated carbocycles. The Morgan fingerprint density at radius 1 is 1.32 bits per heavy atom. The number of hydrogen-bond donors (Lipinski definition) is 2. The second kappa shape index (κ2) is 8.16. The van der Waals surface area contributed by atoms with E-state index in [1.165, 1.54) is 0 Å². The molecule has 2 N–H and O–H groups in total. The van der Waals surface area contributed by atoms with Gasteiger partial charge in [0.25, 0.3) is 0 Å². The average Bonchev–Trinajstić information content (AvgIpc) is 3.01. The van der Waals surface area contributed by atoms with Gasteiger partial charge in [-0.1, -0.05) is 49.3 Å². The lowest BCUT2D eigenvalue weighted by Gasteiger charge is -2.29. The van der Waals surface area contributed by atoms with Crippen LogP contribution in [-0.2, 0) is 13.1 Å². The number of amides is 2. The first-order valence-corrected chi connectivity index (χ1v) is 8.49. The van der Waals surface area contributed by atoms with E-state index < -0.39 is 5.60 Å². The first-order valence-electron chi connectivity index (χ1n) is 8.49. The summed E-state index contributed by atoms with van der Waals surface area (Å²) in [5.74, 6) is 0.887. The van der Waals surface area contributed by atoms with Crippen molar-refractivity contribution in [1.82, 2.24) is 15.4 Å². The van der Waals surface area contributed by atoms with E-state index in [-0.39, 0.29) is 25.0 Å². The van der Waals surface area contributed by atoms with E-state index in [0.717, 1.165) is 11.3 Å². The third-order valence-electron chi connectivity index (χ3n) is 3.66. The summed E-state index contributed by atoms with van der Waals surface area (Å²) in [6, 6.07) is 11.3. The molecule has 0 unspecified atom stereocenters. The first-order chi connectivity index (χ1) is 11.7. The number of rotatable bonds is 7. The van der Waals surface area contributed by atoms with Crippen molar-refractivity contribution in [3.63, 3.8) is 0 Å². The molecule has 2 aromatic rings. The molecule has 1 aromatic heterocycles. The highest BCUT2D eigenvalue weighted by atomic mass is 16.5. The van der Waals surface area contributed by atoms with Gasteiger partial charge in [0.15, 0.2) is 5.76 Å². The van der Waals surface area contributed by atoms with E-state index in [2.05, 4.69) is 10.5 Å². The van der Waals surface area contributed by atoms with Crippen molar-refractivity contribution < 1.29 is 14.4 Å². The molecule has 0 bridgehead atoms. The highest BCUT2D eigenvalue weighted by Crippen LogP contribution is 2.14. The maximum Gasteiger partial charge on any atom is 0.318 e. The van der Waals surface area contributed by atoms with Crippen LogP contribution in [0.4, 0.5) is 4.79 Å². The minimum Gasteiger partial charge on any atom is -0.389 e. The third-order valence-corrected chi connectivity index (χ3v) is 3.66. The number of carbonyl (C=O) groups is 1. The van der Waals surface area contributed by atoms with Crippen molar-refractivity contribution in [3.8, 4) is 0 Å². The maximum absolute atomic E-state index is 12.6. The number of carbonyl (C=O) groups excluding carboxylic acids is 1. The average molecular weight is 345 g/mol. The fourth-order valence-corrected chi connectivity index (χ4v) is 2.43. The monoisotopic (exact) mass is 345 g/mol. The summed E-state index contributed by atoms with van der Waals surface area (Å²) in [5.41, 5.74) is 0.883. The van der Waals surface area contributed by atoms with E-state index in [1.807, 2.05) is 50.2 Å². The van der Waals surface area contributed by atoms with Crippen LogP contribution in [0.25, 0.3) is 0 Å². The van der Waals surface area contributed by atoms with Crippen LogP contribution >= 0.6 is 0 Å². The molecule has 0 radical (unpaired) electrons. The van der Waals surface area contributed by atoms with E-state index in [9.17, 15) is 9.90 Å². The number of nitrogens with one attached hydrogen (secondary N) is 1. The molecule has 0 aliphatic rings. The van der Waals surface area contributed by atoms with Gasteiger partial charge >= 0.3 is 6.03 Å². The number of nitrogens with zero attached hydrogens (tertiary/aromatic N) is 2. The number of benzene rings is 1. The predicted molar refractivity (Wildman–Crippen MR) is 96.0 cm³/mol. The third kappa shape index (κ3) is 6.23. The molecular weight excluding hydrogens is 318 g/mol. The maximum atomic E-state index is 12.6. The molecule has 2 amide bonds. The molecule has 136 valence electrons. The van der Waals surface area contributed by atoms with Gasteiger partial charge in [-0.2, -0.15) is 0 Å². The molecule has 1 aromatic carbocycles. The van der Waals surface area contributed by atoms with E-state index in [0.29, 0.717) is 12.3 Å². The zero-order valence-corrected chi connectivity index (χ0v) is 15.3. The number of aliphatic hydroxyl groups is 1. The SMILES string of the molecule is CC(C)c1cc(CNC(=O)N(Cc2ccccc2)CC(C)(C)O)on1. The standard InChI is InChI=1S/C19H27N3O3/c1-14(2)17-10-16(25-21-17)11-20-18(23)22(13-19(3,4)24)12-15-8-6-5-7-9-15/h5-10,14,24H,11-13H2,1-4H3,(H,20,23). The van der Waals surface area contributed by atoms with Crippen LogP contribution in [0.3, 0.4) is 0 Å². The molecule has 1 heterocycles. The molecular formula is C19H27N3O3. The molecule has 0 fully saturated rings. The lowest BCUT2D eigenvalue weighted by molar-refractivity contribution is 0.0445. The van der Waals surface area contributed by atoms with Gasteiger partial charge in [0.2, 0.25) is 0 Å². The largest absolute Gasteiger partial charge is 0.389 e. The lowest BCUT2D eigenvalue weighted by Crippen LogP contribution is -2.46. The van der Waals surface area contributed by atoms with Gasteiger partial charge in [0.1, 0.15) is 0 Å². The molecule has 0 aliphatic heterocycles. The summed E-state index contributed by atoms with van der Waals surface area (Å²) < 4.78 is 5.24. The van der Waals surface area contributed by atoms with E-state index in [4.69, 9.17) is 4.52 Å². The fraction of sp³-hybridized carbons (Fsp3) is 0.474. The Morgan fingerprint density at radius 2 is 2.00 bits per heavy atom. The fourth-order valence-electron chi connectivity index (χ4n) is 2.43. The minimum atomic E-state index is -0.983. The van der Waals surface area contributed by atoms with Gasteiger partial charge in [-0.3, -0.25) is 0 Å². The highest BCUT2D eigenvalue weighted by molar-refractivity contribution is 5.74. The summed E-state index contributed by atoms with van der Waals surface area (Å²) in [5, 5.41) is 16.9. The van der Waals surface area contributed by atoms with Crippen molar-refractivity contribution in [2.24, 2.45) is 0 Å². The lowest BCUT2D eigenvalue weighted by atomic mass is 10.1. The van der Waals surface area contributed by atoms with Crippen LogP contribution < -0.4 is 5.32 Å². The van der Waals surface area contributed by atoms with Crippen LogP contribution in [0.15, 0.2) is 40.9 Å². The topological polar surface area (TPSA) is 78.6 Å².